The van der Waals surface area contributed by atoms with Gasteiger partial charge < -0.3 is 15.8 Å². The summed E-state index contributed by atoms with van der Waals surface area (Å²) in [5.74, 6) is 0.718. The van der Waals surface area contributed by atoms with Gasteiger partial charge in [0.05, 0.1) is 18.2 Å². The molecule has 4 nitrogen and oxygen atoms in total. The Kier molecular flexibility index (Phi) is 4.65. The maximum Gasteiger partial charge on any atom is 0.231 e. The molecule has 1 aromatic rings. The van der Waals surface area contributed by atoms with Gasteiger partial charge in [0.25, 0.3) is 0 Å². The molecule has 1 amide bonds. The number of anilines is 1. The summed E-state index contributed by atoms with van der Waals surface area (Å²) in [6, 6.07) is 5.78. The summed E-state index contributed by atoms with van der Waals surface area (Å²) < 4.78 is 5.31. The second-order valence-corrected chi connectivity index (χ2v) is 5.70. The van der Waals surface area contributed by atoms with E-state index in [1.54, 1.807) is 7.11 Å². The number of rotatable bonds is 4. The molecule has 0 spiro atoms. The first-order valence-electron chi connectivity index (χ1n) is 7.27. The van der Waals surface area contributed by atoms with E-state index < -0.39 is 5.41 Å². The van der Waals surface area contributed by atoms with Crippen LogP contribution in [0.25, 0.3) is 0 Å². The van der Waals surface area contributed by atoms with Crippen LogP contribution in [0.15, 0.2) is 18.2 Å². The van der Waals surface area contributed by atoms with Crippen LogP contribution in [0.4, 0.5) is 5.69 Å². The highest BCUT2D eigenvalue weighted by Gasteiger charge is 2.38. The maximum atomic E-state index is 12.7. The van der Waals surface area contributed by atoms with Gasteiger partial charge in [-0.2, -0.15) is 0 Å². The first kappa shape index (κ1) is 14.9. The van der Waals surface area contributed by atoms with Gasteiger partial charge in [0.1, 0.15) is 5.75 Å². The number of ether oxygens (including phenoxy) is 1. The molecule has 0 aliphatic heterocycles. The normalized spacial score (nSPS) is 17.6. The highest BCUT2D eigenvalue weighted by molar-refractivity contribution is 5.96. The zero-order chi connectivity index (χ0) is 14.6. The highest BCUT2D eigenvalue weighted by Crippen LogP contribution is 2.37. The van der Waals surface area contributed by atoms with Crippen molar-refractivity contribution in [2.24, 2.45) is 11.1 Å². The fraction of sp³-hybridized carbons (Fsp3) is 0.562. The minimum absolute atomic E-state index is 0.0311. The Morgan fingerprint density at radius 2 is 2.05 bits per heavy atom. The van der Waals surface area contributed by atoms with Crippen molar-refractivity contribution in [2.45, 2.75) is 39.0 Å². The quantitative estimate of drug-likeness (QED) is 0.888. The van der Waals surface area contributed by atoms with Crippen LogP contribution in [-0.2, 0) is 4.79 Å². The molecule has 1 fully saturated rings. The van der Waals surface area contributed by atoms with E-state index in [4.69, 9.17) is 10.5 Å². The summed E-state index contributed by atoms with van der Waals surface area (Å²) in [7, 11) is 1.61. The van der Waals surface area contributed by atoms with Crippen molar-refractivity contribution in [1.29, 1.82) is 0 Å². The molecule has 1 aliphatic rings. The zero-order valence-electron chi connectivity index (χ0n) is 12.4. The minimum Gasteiger partial charge on any atom is -0.495 e. The Morgan fingerprint density at radius 1 is 1.35 bits per heavy atom. The summed E-state index contributed by atoms with van der Waals surface area (Å²) in [6.45, 7) is 2.40. The van der Waals surface area contributed by atoms with Crippen molar-refractivity contribution in [3.8, 4) is 5.75 Å². The fourth-order valence-corrected chi connectivity index (χ4v) is 2.93. The lowest BCUT2D eigenvalue weighted by atomic mass is 9.73. The van der Waals surface area contributed by atoms with Crippen molar-refractivity contribution in [3.63, 3.8) is 0 Å². The van der Waals surface area contributed by atoms with E-state index in [0.29, 0.717) is 12.3 Å². The molecule has 3 N–H and O–H groups in total. The van der Waals surface area contributed by atoms with Gasteiger partial charge in [-0.05, 0) is 37.5 Å². The summed E-state index contributed by atoms with van der Waals surface area (Å²) >= 11 is 0. The number of nitrogens with one attached hydrogen (secondary N) is 1. The van der Waals surface area contributed by atoms with Crippen molar-refractivity contribution < 1.29 is 9.53 Å². The zero-order valence-corrected chi connectivity index (χ0v) is 12.4. The van der Waals surface area contributed by atoms with Gasteiger partial charge in [-0.3, -0.25) is 4.79 Å². The number of carbonyl (C=O) groups is 1. The number of benzene rings is 1. The molecular weight excluding hydrogens is 252 g/mol. The predicted molar refractivity (Wildman–Crippen MR) is 80.9 cm³/mol. The third-order valence-electron chi connectivity index (χ3n) is 4.29. The Bertz CT molecular complexity index is 479. The molecule has 0 heterocycles. The van der Waals surface area contributed by atoms with Gasteiger partial charge in [-0.15, -0.1) is 0 Å². The molecule has 0 atom stereocenters. The largest absolute Gasteiger partial charge is 0.495 e. The summed E-state index contributed by atoms with van der Waals surface area (Å²) in [4.78, 5) is 12.7. The highest BCUT2D eigenvalue weighted by atomic mass is 16.5. The maximum absolute atomic E-state index is 12.7. The van der Waals surface area contributed by atoms with Crippen LogP contribution < -0.4 is 15.8 Å². The number of amides is 1. The number of hydrogen-bond donors (Lipinski definition) is 2. The van der Waals surface area contributed by atoms with Crippen LogP contribution in [0.2, 0.25) is 0 Å². The van der Waals surface area contributed by atoms with Crippen molar-refractivity contribution >= 4 is 11.6 Å². The van der Waals surface area contributed by atoms with E-state index in [1.807, 2.05) is 25.1 Å². The van der Waals surface area contributed by atoms with Gasteiger partial charge in [0.15, 0.2) is 0 Å². The molecule has 0 bridgehead atoms. The Hall–Kier alpha value is -1.55. The van der Waals surface area contributed by atoms with E-state index >= 15 is 0 Å². The van der Waals surface area contributed by atoms with Crippen molar-refractivity contribution in [2.75, 3.05) is 19.0 Å². The number of aryl methyl sites for hydroxylation is 1. The average Bonchev–Trinajstić information content (AvgIpc) is 2.48. The summed E-state index contributed by atoms with van der Waals surface area (Å²) in [5, 5.41) is 3.02. The van der Waals surface area contributed by atoms with Crippen molar-refractivity contribution in [3.05, 3.63) is 23.8 Å². The van der Waals surface area contributed by atoms with E-state index in [2.05, 4.69) is 5.32 Å². The smallest absolute Gasteiger partial charge is 0.231 e. The van der Waals surface area contributed by atoms with E-state index in [-0.39, 0.29) is 5.91 Å². The standard InChI is InChI=1S/C16H24N2O2/c1-12-6-7-14(20-2)13(10-12)18-15(19)16(11-17)8-4-3-5-9-16/h6-7,10H,3-5,8-9,11,17H2,1-2H3,(H,18,19). The SMILES string of the molecule is COc1ccc(C)cc1NC(=O)C1(CN)CCCCC1. The fourth-order valence-electron chi connectivity index (χ4n) is 2.93. The van der Waals surface area contributed by atoms with Gasteiger partial charge in [0, 0.05) is 6.54 Å². The van der Waals surface area contributed by atoms with Crippen LogP contribution in [0, 0.1) is 12.3 Å². The average molecular weight is 276 g/mol. The van der Waals surface area contributed by atoms with Crippen LogP contribution >= 0.6 is 0 Å². The number of nitrogens with two attached hydrogens (primary N) is 1. The molecule has 0 saturated heterocycles. The second-order valence-electron chi connectivity index (χ2n) is 5.70. The lowest BCUT2D eigenvalue weighted by molar-refractivity contribution is -0.126. The first-order chi connectivity index (χ1) is 9.61. The predicted octanol–water partition coefficient (Wildman–Crippen LogP) is 2.85. The lowest BCUT2D eigenvalue weighted by Crippen LogP contribution is -2.43. The van der Waals surface area contributed by atoms with Gasteiger partial charge in [-0.25, -0.2) is 0 Å². The lowest BCUT2D eigenvalue weighted by Gasteiger charge is -2.34. The summed E-state index contributed by atoms with van der Waals surface area (Å²) in [6.07, 6.45) is 5.11. The summed E-state index contributed by atoms with van der Waals surface area (Å²) in [5.41, 5.74) is 7.31. The van der Waals surface area contributed by atoms with Crippen LogP contribution in [0.5, 0.6) is 5.75 Å². The third kappa shape index (κ3) is 2.96. The molecule has 20 heavy (non-hydrogen) atoms. The van der Waals surface area contributed by atoms with Crippen LogP contribution in [-0.4, -0.2) is 19.6 Å². The molecule has 110 valence electrons. The topological polar surface area (TPSA) is 64.3 Å². The second kappa shape index (κ2) is 6.27. The van der Waals surface area contributed by atoms with E-state index in [0.717, 1.165) is 36.9 Å². The number of carbonyl (C=O) groups excluding carboxylic acids is 1. The van der Waals surface area contributed by atoms with Crippen molar-refractivity contribution in [1.82, 2.24) is 0 Å². The molecule has 1 aromatic carbocycles. The molecular formula is C16H24N2O2. The van der Waals surface area contributed by atoms with E-state index in [1.165, 1.54) is 6.42 Å². The molecule has 1 aliphatic carbocycles. The molecule has 0 radical (unpaired) electrons. The van der Waals surface area contributed by atoms with Crippen LogP contribution in [0.1, 0.15) is 37.7 Å². The Labute approximate surface area is 120 Å². The third-order valence-corrected chi connectivity index (χ3v) is 4.29. The molecule has 4 heteroatoms. The number of methoxy groups -OCH3 is 1. The first-order valence-corrected chi connectivity index (χ1v) is 7.27. The monoisotopic (exact) mass is 276 g/mol. The Balaban J connectivity index is 2.20. The van der Waals surface area contributed by atoms with Gasteiger partial charge >= 0.3 is 0 Å². The molecule has 0 aromatic heterocycles. The van der Waals surface area contributed by atoms with Crippen LogP contribution in [0.3, 0.4) is 0 Å². The van der Waals surface area contributed by atoms with E-state index in [9.17, 15) is 4.79 Å². The van der Waals surface area contributed by atoms with Gasteiger partial charge in [-0.1, -0.05) is 25.3 Å². The molecule has 0 unspecified atom stereocenters. The minimum atomic E-state index is -0.410. The van der Waals surface area contributed by atoms with Gasteiger partial charge in [0.2, 0.25) is 5.91 Å². The molecule has 2 rings (SSSR count). The number of hydrogen-bond acceptors (Lipinski definition) is 3. The molecule has 1 saturated carbocycles. The Morgan fingerprint density at radius 3 is 2.65 bits per heavy atom.